The van der Waals surface area contributed by atoms with Crippen LogP contribution in [-0.4, -0.2) is 19.1 Å². The summed E-state index contributed by atoms with van der Waals surface area (Å²) in [5.74, 6) is -0.187. The van der Waals surface area contributed by atoms with Crippen LogP contribution in [0.5, 0.6) is 11.5 Å². The van der Waals surface area contributed by atoms with Crippen LogP contribution in [0.2, 0.25) is 0 Å². The van der Waals surface area contributed by atoms with Crippen LogP contribution in [-0.2, 0) is 13.1 Å². The first-order valence-corrected chi connectivity index (χ1v) is 7.81. The molecule has 0 unspecified atom stereocenters. The Bertz CT molecular complexity index is 712. The smallest absolute Gasteiger partial charge is 0.387 e. The molecule has 2 aromatic carbocycles. The highest BCUT2D eigenvalue weighted by atomic mass is 35.5. The summed E-state index contributed by atoms with van der Waals surface area (Å²) >= 11 is 0. The Morgan fingerprint density at radius 3 is 2.46 bits per heavy atom. The van der Waals surface area contributed by atoms with E-state index in [1.165, 1.54) is 6.07 Å². The van der Waals surface area contributed by atoms with E-state index in [0.717, 1.165) is 5.56 Å². The fraction of sp³-hybridized carbons (Fsp3) is 0.278. The number of hydrogen-bond acceptors (Lipinski definition) is 4. The second-order valence-electron chi connectivity index (χ2n) is 5.14. The normalized spacial score (nSPS) is 10.2. The molecule has 0 atom stereocenters. The molecule has 0 aliphatic carbocycles. The number of nitrogens with two attached hydrogens (primary N) is 1. The fourth-order valence-electron chi connectivity index (χ4n) is 2.26. The molecule has 2 aromatic rings. The molecule has 0 saturated heterocycles. The van der Waals surface area contributed by atoms with Gasteiger partial charge in [0.05, 0.1) is 6.61 Å². The maximum Gasteiger partial charge on any atom is 0.387 e. The van der Waals surface area contributed by atoms with Crippen LogP contribution in [0.1, 0.15) is 28.4 Å². The number of carbonyl (C=O) groups is 1. The largest absolute Gasteiger partial charge is 0.490 e. The number of rotatable bonds is 8. The lowest BCUT2D eigenvalue weighted by atomic mass is 10.1. The van der Waals surface area contributed by atoms with Crippen LogP contribution in [0.15, 0.2) is 42.5 Å². The van der Waals surface area contributed by atoms with Crippen molar-refractivity contribution in [3.05, 3.63) is 59.2 Å². The minimum absolute atomic E-state index is 0. The predicted molar refractivity (Wildman–Crippen MR) is 97.0 cm³/mol. The molecule has 26 heavy (non-hydrogen) atoms. The summed E-state index contributed by atoms with van der Waals surface area (Å²) in [5, 5.41) is 2.69. The number of halogens is 3. The average molecular weight is 387 g/mol. The van der Waals surface area contributed by atoms with Gasteiger partial charge in [0.2, 0.25) is 0 Å². The van der Waals surface area contributed by atoms with Gasteiger partial charge in [0.25, 0.3) is 5.91 Å². The van der Waals surface area contributed by atoms with Crippen LogP contribution in [0, 0.1) is 0 Å². The lowest BCUT2D eigenvalue weighted by Gasteiger charge is -2.15. The van der Waals surface area contributed by atoms with E-state index < -0.39 is 6.61 Å². The molecule has 3 N–H and O–H groups in total. The Kier molecular flexibility index (Phi) is 8.81. The van der Waals surface area contributed by atoms with E-state index in [1.54, 1.807) is 43.3 Å². The van der Waals surface area contributed by atoms with Crippen molar-refractivity contribution in [2.75, 3.05) is 6.61 Å². The average Bonchev–Trinajstić information content (AvgIpc) is 2.61. The van der Waals surface area contributed by atoms with E-state index in [9.17, 15) is 13.6 Å². The molecular weight excluding hydrogens is 366 g/mol. The molecule has 2 rings (SSSR count). The van der Waals surface area contributed by atoms with Gasteiger partial charge in [-0.05, 0) is 30.7 Å². The van der Waals surface area contributed by atoms with Crippen molar-refractivity contribution in [2.24, 2.45) is 5.73 Å². The molecule has 0 fully saturated rings. The van der Waals surface area contributed by atoms with Crippen LogP contribution in [0.4, 0.5) is 8.78 Å². The summed E-state index contributed by atoms with van der Waals surface area (Å²) in [7, 11) is 0. The van der Waals surface area contributed by atoms with Crippen molar-refractivity contribution in [2.45, 2.75) is 26.6 Å². The van der Waals surface area contributed by atoms with Gasteiger partial charge in [0.1, 0.15) is 0 Å². The molecule has 8 heteroatoms. The summed E-state index contributed by atoms with van der Waals surface area (Å²) < 4.78 is 35.2. The van der Waals surface area contributed by atoms with E-state index >= 15 is 0 Å². The maximum atomic E-state index is 12.7. The van der Waals surface area contributed by atoms with Crippen LogP contribution < -0.4 is 20.5 Å². The molecule has 1 amide bonds. The van der Waals surface area contributed by atoms with Gasteiger partial charge in [-0.15, -0.1) is 12.4 Å². The van der Waals surface area contributed by atoms with Gasteiger partial charge < -0.3 is 20.5 Å². The number of nitrogens with one attached hydrogen (secondary N) is 1. The van der Waals surface area contributed by atoms with E-state index in [1.807, 2.05) is 0 Å². The Hall–Kier alpha value is -2.38. The van der Waals surface area contributed by atoms with Crippen molar-refractivity contribution in [3.8, 4) is 11.5 Å². The Morgan fingerprint density at radius 2 is 1.88 bits per heavy atom. The first-order chi connectivity index (χ1) is 12.0. The number of amides is 1. The van der Waals surface area contributed by atoms with Gasteiger partial charge in [-0.2, -0.15) is 8.78 Å². The highest BCUT2D eigenvalue weighted by Gasteiger charge is 2.16. The summed E-state index contributed by atoms with van der Waals surface area (Å²) in [6.45, 7) is -0.519. The van der Waals surface area contributed by atoms with Gasteiger partial charge in [-0.25, -0.2) is 0 Å². The zero-order valence-electron chi connectivity index (χ0n) is 14.2. The summed E-state index contributed by atoms with van der Waals surface area (Å²) in [6.07, 6.45) is 0. The number of ether oxygens (including phenoxy) is 2. The van der Waals surface area contributed by atoms with Gasteiger partial charge >= 0.3 is 6.61 Å². The Balaban J connectivity index is 0.00000338. The minimum atomic E-state index is -2.99. The van der Waals surface area contributed by atoms with E-state index in [2.05, 4.69) is 10.1 Å². The van der Waals surface area contributed by atoms with Gasteiger partial charge in [-0.3, -0.25) is 4.79 Å². The Morgan fingerprint density at radius 1 is 1.19 bits per heavy atom. The summed E-state index contributed by atoms with van der Waals surface area (Å²) in [5.41, 5.74) is 7.28. The van der Waals surface area contributed by atoms with E-state index in [4.69, 9.17) is 10.5 Å². The van der Waals surface area contributed by atoms with E-state index in [-0.39, 0.29) is 36.4 Å². The molecule has 0 heterocycles. The predicted octanol–water partition coefficient (Wildman–Crippen LogP) is 3.50. The van der Waals surface area contributed by atoms with Gasteiger partial charge in [-0.1, -0.05) is 24.3 Å². The Labute approximate surface area is 156 Å². The van der Waals surface area contributed by atoms with Gasteiger partial charge in [0.15, 0.2) is 11.5 Å². The summed E-state index contributed by atoms with van der Waals surface area (Å²) in [6, 6.07) is 11.6. The molecule has 0 aliphatic rings. The zero-order chi connectivity index (χ0) is 18.2. The monoisotopic (exact) mass is 386 g/mol. The van der Waals surface area contributed by atoms with Crippen LogP contribution in [0.25, 0.3) is 0 Å². The van der Waals surface area contributed by atoms with Crippen LogP contribution in [0.3, 0.4) is 0 Å². The molecule has 0 saturated carbocycles. The second kappa shape index (κ2) is 10.6. The highest BCUT2D eigenvalue weighted by Crippen LogP contribution is 2.32. The molecule has 0 aromatic heterocycles. The van der Waals surface area contributed by atoms with Gasteiger partial charge in [0, 0.05) is 24.2 Å². The third kappa shape index (κ3) is 5.86. The molecule has 0 bridgehead atoms. The van der Waals surface area contributed by atoms with E-state index in [0.29, 0.717) is 24.3 Å². The molecule has 0 aliphatic heterocycles. The van der Waals surface area contributed by atoms with Crippen molar-refractivity contribution in [3.63, 3.8) is 0 Å². The van der Waals surface area contributed by atoms with Crippen LogP contribution >= 0.6 is 12.4 Å². The second-order valence-corrected chi connectivity index (χ2v) is 5.14. The number of benzene rings is 2. The first kappa shape index (κ1) is 21.7. The third-order valence-electron chi connectivity index (χ3n) is 3.46. The minimum Gasteiger partial charge on any atom is -0.490 e. The van der Waals surface area contributed by atoms with Crippen molar-refractivity contribution in [1.82, 2.24) is 5.32 Å². The lowest BCUT2D eigenvalue weighted by molar-refractivity contribution is -0.0520. The van der Waals surface area contributed by atoms with Crippen molar-refractivity contribution < 1.29 is 23.0 Å². The number of carbonyl (C=O) groups excluding carboxylic acids is 1. The fourth-order valence-corrected chi connectivity index (χ4v) is 2.26. The summed E-state index contributed by atoms with van der Waals surface area (Å²) in [4.78, 5) is 12.2. The topological polar surface area (TPSA) is 73.6 Å². The first-order valence-electron chi connectivity index (χ1n) is 7.81. The third-order valence-corrected chi connectivity index (χ3v) is 3.46. The quantitative estimate of drug-likeness (QED) is 0.728. The standard InChI is InChI=1S/C18H20F2N2O3.ClH/c1-2-24-15-5-3-4-14(16(15)25-18(19)20)11-22-17(23)13-8-6-12(10-21)7-9-13;/h3-9,18H,2,10-11,21H2,1H3,(H,22,23);1H. The molecule has 0 spiro atoms. The van der Waals surface area contributed by atoms with Crippen molar-refractivity contribution >= 4 is 18.3 Å². The molecule has 0 radical (unpaired) electrons. The number of alkyl halides is 2. The highest BCUT2D eigenvalue weighted by molar-refractivity contribution is 5.94. The number of hydrogen-bond donors (Lipinski definition) is 2. The maximum absolute atomic E-state index is 12.7. The molecule has 5 nitrogen and oxygen atoms in total. The SMILES string of the molecule is CCOc1cccc(CNC(=O)c2ccc(CN)cc2)c1OC(F)F.Cl. The molecular formula is C18H21ClF2N2O3. The van der Waals surface area contributed by atoms with Crippen molar-refractivity contribution in [1.29, 1.82) is 0 Å². The zero-order valence-corrected chi connectivity index (χ0v) is 15.0. The number of para-hydroxylation sites is 1. The molecule has 142 valence electrons. The lowest BCUT2D eigenvalue weighted by Crippen LogP contribution is -2.23.